The van der Waals surface area contributed by atoms with E-state index in [9.17, 15) is 4.39 Å². The molecular formula is C13H20FNO. The summed E-state index contributed by atoms with van der Waals surface area (Å²) in [7, 11) is 0. The van der Waals surface area contributed by atoms with Gasteiger partial charge in [-0.2, -0.15) is 0 Å². The Morgan fingerprint density at radius 3 is 2.88 bits per heavy atom. The maximum Gasteiger partial charge on any atom is 0.120 e. The predicted octanol–water partition coefficient (Wildman–Crippen LogP) is 2.92. The molecule has 0 fully saturated rings. The average molecular weight is 225 g/mol. The first-order chi connectivity index (χ1) is 7.72. The fourth-order valence-electron chi connectivity index (χ4n) is 1.43. The molecule has 1 rings (SSSR count). The van der Waals surface area contributed by atoms with Crippen LogP contribution in [0.2, 0.25) is 0 Å². The van der Waals surface area contributed by atoms with Crippen molar-refractivity contribution < 1.29 is 9.13 Å². The highest BCUT2D eigenvalue weighted by molar-refractivity contribution is 5.28. The molecule has 1 aromatic carbocycles. The maximum absolute atomic E-state index is 11.9. The molecule has 90 valence electrons. The Balaban J connectivity index is 2.41. The van der Waals surface area contributed by atoms with E-state index in [-0.39, 0.29) is 12.8 Å². The summed E-state index contributed by atoms with van der Waals surface area (Å²) >= 11 is 0. The summed E-state index contributed by atoms with van der Waals surface area (Å²) in [6.07, 6.45) is 0.761. The fraction of sp³-hybridized carbons (Fsp3) is 0.538. The molecule has 3 heteroatoms. The van der Waals surface area contributed by atoms with E-state index >= 15 is 0 Å². The summed E-state index contributed by atoms with van der Waals surface area (Å²) < 4.78 is 17.5. The summed E-state index contributed by atoms with van der Waals surface area (Å²) in [6.45, 7) is 5.23. The molecule has 1 N–H and O–H groups in total. The Morgan fingerprint density at radius 2 is 2.19 bits per heavy atom. The van der Waals surface area contributed by atoms with Gasteiger partial charge in [0.25, 0.3) is 0 Å². The SMILES string of the molecule is CC(C)Oc1cccc(CNCCCF)c1. The molecule has 0 aliphatic heterocycles. The van der Waals surface area contributed by atoms with E-state index in [0.29, 0.717) is 13.0 Å². The topological polar surface area (TPSA) is 21.3 Å². The van der Waals surface area contributed by atoms with Gasteiger partial charge in [-0.1, -0.05) is 12.1 Å². The van der Waals surface area contributed by atoms with Crippen LogP contribution < -0.4 is 10.1 Å². The monoisotopic (exact) mass is 225 g/mol. The second-order valence-corrected chi connectivity index (χ2v) is 4.03. The number of benzene rings is 1. The van der Waals surface area contributed by atoms with Crippen molar-refractivity contribution >= 4 is 0 Å². The van der Waals surface area contributed by atoms with E-state index in [2.05, 4.69) is 5.32 Å². The van der Waals surface area contributed by atoms with Crippen molar-refractivity contribution in [1.82, 2.24) is 5.32 Å². The average Bonchev–Trinajstić information content (AvgIpc) is 2.24. The largest absolute Gasteiger partial charge is 0.491 e. The van der Waals surface area contributed by atoms with Crippen LogP contribution in [0.15, 0.2) is 24.3 Å². The Morgan fingerprint density at radius 1 is 1.38 bits per heavy atom. The molecule has 0 atom stereocenters. The highest BCUT2D eigenvalue weighted by atomic mass is 19.1. The maximum atomic E-state index is 11.9. The van der Waals surface area contributed by atoms with E-state index in [1.54, 1.807) is 0 Å². The quantitative estimate of drug-likeness (QED) is 0.720. The second kappa shape index (κ2) is 7.23. The van der Waals surface area contributed by atoms with Gasteiger partial charge in [0, 0.05) is 6.54 Å². The van der Waals surface area contributed by atoms with Crippen LogP contribution in [0.25, 0.3) is 0 Å². The highest BCUT2D eigenvalue weighted by Gasteiger charge is 1.99. The molecule has 0 saturated heterocycles. The van der Waals surface area contributed by atoms with Crippen LogP contribution in [0.3, 0.4) is 0 Å². The standard InChI is InChI=1S/C13H20FNO/c1-11(2)16-13-6-3-5-12(9-13)10-15-8-4-7-14/h3,5-6,9,11,15H,4,7-8,10H2,1-2H3. The smallest absolute Gasteiger partial charge is 0.120 e. The molecule has 0 spiro atoms. The third-order valence-electron chi connectivity index (χ3n) is 2.09. The van der Waals surface area contributed by atoms with Gasteiger partial charge in [0.15, 0.2) is 0 Å². The summed E-state index contributed by atoms with van der Waals surface area (Å²) in [5, 5.41) is 3.19. The van der Waals surface area contributed by atoms with Crippen molar-refractivity contribution in [2.75, 3.05) is 13.2 Å². The molecule has 0 bridgehead atoms. The van der Waals surface area contributed by atoms with Crippen LogP contribution in [-0.2, 0) is 6.54 Å². The van der Waals surface area contributed by atoms with E-state index < -0.39 is 0 Å². The lowest BCUT2D eigenvalue weighted by atomic mass is 10.2. The van der Waals surface area contributed by atoms with Crippen molar-refractivity contribution in [1.29, 1.82) is 0 Å². The number of hydrogen-bond acceptors (Lipinski definition) is 2. The molecule has 0 amide bonds. The molecule has 0 unspecified atom stereocenters. The first-order valence-electron chi connectivity index (χ1n) is 5.74. The number of nitrogens with one attached hydrogen (secondary N) is 1. The number of rotatable bonds is 7. The lowest BCUT2D eigenvalue weighted by Gasteiger charge is -2.11. The lowest BCUT2D eigenvalue weighted by molar-refractivity contribution is 0.242. The van der Waals surface area contributed by atoms with Crippen LogP contribution in [0.5, 0.6) is 5.75 Å². The minimum atomic E-state index is -0.260. The van der Waals surface area contributed by atoms with Gasteiger partial charge in [-0.15, -0.1) is 0 Å². The van der Waals surface area contributed by atoms with Crippen LogP contribution in [0.4, 0.5) is 4.39 Å². The van der Waals surface area contributed by atoms with Gasteiger partial charge in [0.05, 0.1) is 12.8 Å². The molecule has 2 nitrogen and oxygen atoms in total. The third kappa shape index (κ3) is 5.12. The normalized spacial score (nSPS) is 10.8. The number of ether oxygens (including phenoxy) is 1. The zero-order valence-electron chi connectivity index (χ0n) is 10.0. The Bertz CT molecular complexity index is 302. The first-order valence-corrected chi connectivity index (χ1v) is 5.74. The Labute approximate surface area is 96.8 Å². The molecule has 0 aliphatic carbocycles. The summed E-state index contributed by atoms with van der Waals surface area (Å²) in [5.41, 5.74) is 1.16. The van der Waals surface area contributed by atoms with Gasteiger partial charge in [-0.3, -0.25) is 4.39 Å². The lowest BCUT2D eigenvalue weighted by Crippen LogP contribution is -2.15. The number of alkyl halides is 1. The van der Waals surface area contributed by atoms with E-state index in [4.69, 9.17) is 4.74 Å². The molecular weight excluding hydrogens is 205 g/mol. The number of hydrogen-bond donors (Lipinski definition) is 1. The molecule has 0 radical (unpaired) electrons. The van der Waals surface area contributed by atoms with Crippen molar-refractivity contribution in [3.05, 3.63) is 29.8 Å². The van der Waals surface area contributed by atoms with Gasteiger partial charge in [0.1, 0.15) is 5.75 Å². The second-order valence-electron chi connectivity index (χ2n) is 4.03. The molecule has 1 aromatic rings. The van der Waals surface area contributed by atoms with Crippen molar-refractivity contribution in [3.8, 4) is 5.75 Å². The van der Waals surface area contributed by atoms with Crippen LogP contribution in [-0.4, -0.2) is 19.3 Å². The summed E-state index contributed by atoms with van der Waals surface area (Å²) in [4.78, 5) is 0. The molecule has 0 aliphatic rings. The van der Waals surface area contributed by atoms with Gasteiger partial charge >= 0.3 is 0 Å². The Hall–Kier alpha value is -1.09. The minimum Gasteiger partial charge on any atom is -0.491 e. The fourth-order valence-corrected chi connectivity index (χ4v) is 1.43. The van der Waals surface area contributed by atoms with Crippen molar-refractivity contribution in [3.63, 3.8) is 0 Å². The zero-order valence-corrected chi connectivity index (χ0v) is 10.0. The molecule has 0 saturated carbocycles. The summed E-state index contributed by atoms with van der Waals surface area (Å²) in [5.74, 6) is 0.889. The van der Waals surface area contributed by atoms with Crippen LogP contribution >= 0.6 is 0 Å². The van der Waals surface area contributed by atoms with Gasteiger partial charge in [-0.05, 0) is 44.5 Å². The highest BCUT2D eigenvalue weighted by Crippen LogP contribution is 2.14. The zero-order chi connectivity index (χ0) is 11.8. The van der Waals surface area contributed by atoms with Crippen LogP contribution in [0, 0.1) is 0 Å². The van der Waals surface area contributed by atoms with Gasteiger partial charge < -0.3 is 10.1 Å². The van der Waals surface area contributed by atoms with Crippen molar-refractivity contribution in [2.45, 2.75) is 32.9 Å². The first kappa shape index (κ1) is 13.0. The number of halogens is 1. The van der Waals surface area contributed by atoms with E-state index in [0.717, 1.165) is 17.9 Å². The van der Waals surface area contributed by atoms with Gasteiger partial charge in [-0.25, -0.2) is 0 Å². The third-order valence-corrected chi connectivity index (χ3v) is 2.09. The molecule has 0 heterocycles. The van der Waals surface area contributed by atoms with Crippen molar-refractivity contribution in [2.24, 2.45) is 0 Å². The predicted molar refractivity (Wildman–Crippen MR) is 64.5 cm³/mol. The van der Waals surface area contributed by atoms with E-state index in [1.165, 1.54) is 0 Å². The molecule has 16 heavy (non-hydrogen) atoms. The van der Waals surface area contributed by atoms with Gasteiger partial charge in [0.2, 0.25) is 0 Å². The molecule has 0 aromatic heterocycles. The minimum absolute atomic E-state index is 0.190. The Kier molecular flexibility index (Phi) is 5.86. The summed E-state index contributed by atoms with van der Waals surface area (Å²) in [6, 6.07) is 7.98. The van der Waals surface area contributed by atoms with Crippen LogP contribution in [0.1, 0.15) is 25.8 Å². The van der Waals surface area contributed by atoms with E-state index in [1.807, 2.05) is 38.1 Å².